The number of para-hydroxylation sites is 1. The molecule has 1 aromatic carbocycles. The van der Waals surface area contributed by atoms with Gasteiger partial charge in [-0.3, -0.25) is 0 Å². The number of urea groups is 1. The van der Waals surface area contributed by atoms with Gasteiger partial charge in [-0.1, -0.05) is 35.9 Å². The second-order valence-electron chi connectivity index (χ2n) is 5.64. The minimum absolute atomic E-state index is 0.0316. The average Bonchev–Trinajstić information content (AvgIpc) is 2.96. The van der Waals surface area contributed by atoms with Gasteiger partial charge in [0.25, 0.3) is 0 Å². The van der Waals surface area contributed by atoms with E-state index >= 15 is 0 Å². The van der Waals surface area contributed by atoms with E-state index in [1.807, 2.05) is 24.3 Å². The standard InChI is InChI=1S/C16H19ClN2O3/c17-13-3-1-2-12-14(6-7-22-15(12)13)19-16(21)18-11-5-4-10(8-11)9-20/h1-5,10-11,14,20H,6-9H2,(H2,18,19,21)/t10-,11+,14-/m0/s1. The lowest BCUT2D eigenvalue weighted by Crippen LogP contribution is -2.43. The van der Waals surface area contributed by atoms with Crippen LogP contribution in [0.5, 0.6) is 5.75 Å². The number of hydrogen-bond donors (Lipinski definition) is 3. The molecule has 0 radical (unpaired) electrons. The lowest BCUT2D eigenvalue weighted by Gasteiger charge is -2.27. The maximum atomic E-state index is 12.2. The summed E-state index contributed by atoms with van der Waals surface area (Å²) in [5.74, 6) is 0.787. The van der Waals surface area contributed by atoms with Crippen LogP contribution in [-0.2, 0) is 0 Å². The van der Waals surface area contributed by atoms with E-state index in [1.54, 1.807) is 6.07 Å². The zero-order chi connectivity index (χ0) is 15.5. The summed E-state index contributed by atoms with van der Waals surface area (Å²) in [7, 11) is 0. The molecule has 2 amide bonds. The average molecular weight is 323 g/mol. The third-order valence-electron chi connectivity index (χ3n) is 4.05. The Balaban J connectivity index is 1.61. The van der Waals surface area contributed by atoms with Crippen LogP contribution in [0.1, 0.15) is 24.4 Å². The Morgan fingerprint density at radius 3 is 3.00 bits per heavy atom. The fourth-order valence-corrected chi connectivity index (χ4v) is 3.16. The van der Waals surface area contributed by atoms with E-state index < -0.39 is 0 Å². The molecule has 0 aromatic heterocycles. The van der Waals surface area contributed by atoms with E-state index in [4.69, 9.17) is 21.4 Å². The van der Waals surface area contributed by atoms with Gasteiger partial charge >= 0.3 is 6.03 Å². The van der Waals surface area contributed by atoms with Crippen LogP contribution in [0.3, 0.4) is 0 Å². The maximum Gasteiger partial charge on any atom is 0.315 e. The number of rotatable bonds is 3. The molecule has 1 heterocycles. The number of carbonyl (C=O) groups excluding carboxylic acids is 1. The number of ether oxygens (including phenoxy) is 1. The number of aliphatic hydroxyl groups is 1. The van der Waals surface area contributed by atoms with Crippen LogP contribution < -0.4 is 15.4 Å². The van der Waals surface area contributed by atoms with Gasteiger partial charge in [-0.2, -0.15) is 0 Å². The first-order valence-corrected chi connectivity index (χ1v) is 7.82. The van der Waals surface area contributed by atoms with Crippen LogP contribution in [0.2, 0.25) is 5.02 Å². The fraction of sp³-hybridized carbons (Fsp3) is 0.438. The molecular weight excluding hydrogens is 304 g/mol. The number of amides is 2. The van der Waals surface area contributed by atoms with Crippen molar-refractivity contribution in [1.82, 2.24) is 10.6 Å². The number of carbonyl (C=O) groups is 1. The highest BCUT2D eigenvalue weighted by atomic mass is 35.5. The van der Waals surface area contributed by atoms with Gasteiger partial charge in [0.05, 0.1) is 17.7 Å². The molecular formula is C16H19ClN2O3. The molecule has 1 aromatic rings. The second-order valence-corrected chi connectivity index (χ2v) is 6.04. The summed E-state index contributed by atoms with van der Waals surface area (Å²) in [6, 6.07) is 5.20. The zero-order valence-corrected chi connectivity index (χ0v) is 12.8. The zero-order valence-electron chi connectivity index (χ0n) is 12.1. The molecule has 0 saturated carbocycles. The van der Waals surface area contributed by atoms with Crippen molar-refractivity contribution >= 4 is 17.6 Å². The SMILES string of the molecule is O=C(N[C@@H]1C=C[C@H](CO)C1)N[C@H]1CCOc2c(Cl)cccc21. The van der Waals surface area contributed by atoms with E-state index in [1.165, 1.54) is 0 Å². The Morgan fingerprint density at radius 1 is 1.36 bits per heavy atom. The summed E-state index contributed by atoms with van der Waals surface area (Å²) < 4.78 is 5.59. The molecule has 0 fully saturated rings. The second kappa shape index (κ2) is 6.58. The summed E-state index contributed by atoms with van der Waals surface area (Å²) in [5.41, 5.74) is 0.907. The number of nitrogens with one attached hydrogen (secondary N) is 2. The molecule has 2 aliphatic rings. The minimum atomic E-state index is -0.217. The number of benzene rings is 1. The monoisotopic (exact) mass is 322 g/mol. The van der Waals surface area contributed by atoms with Gasteiger partial charge in [0.1, 0.15) is 5.75 Å². The van der Waals surface area contributed by atoms with Gasteiger partial charge in [0, 0.05) is 30.6 Å². The third kappa shape index (κ3) is 3.20. The fourth-order valence-electron chi connectivity index (χ4n) is 2.92. The third-order valence-corrected chi connectivity index (χ3v) is 4.35. The van der Waals surface area contributed by atoms with Gasteiger partial charge in [0.2, 0.25) is 0 Å². The lowest BCUT2D eigenvalue weighted by atomic mass is 10.0. The number of hydrogen-bond acceptors (Lipinski definition) is 3. The quantitative estimate of drug-likeness (QED) is 0.748. The van der Waals surface area contributed by atoms with Gasteiger partial charge in [-0.15, -0.1) is 0 Å². The van der Waals surface area contributed by atoms with Crippen molar-refractivity contribution in [3.8, 4) is 5.75 Å². The topological polar surface area (TPSA) is 70.6 Å². The molecule has 5 nitrogen and oxygen atoms in total. The Labute approximate surface area is 134 Å². The highest BCUT2D eigenvalue weighted by Crippen LogP contribution is 2.37. The summed E-state index contributed by atoms with van der Waals surface area (Å²) in [6.07, 6.45) is 5.31. The predicted molar refractivity (Wildman–Crippen MR) is 84.1 cm³/mol. The minimum Gasteiger partial charge on any atom is -0.492 e. The first-order chi connectivity index (χ1) is 10.7. The maximum absolute atomic E-state index is 12.2. The van der Waals surface area contributed by atoms with Gasteiger partial charge in [0.15, 0.2) is 0 Å². The van der Waals surface area contributed by atoms with Crippen LogP contribution in [0.25, 0.3) is 0 Å². The van der Waals surface area contributed by atoms with Crippen molar-refractivity contribution in [2.45, 2.75) is 24.9 Å². The molecule has 3 N–H and O–H groups in total. The Morgan fingerprint density at radius 2 is 2.23 bits per heavy atom. The Hall–Kier alpha value is -1.72. The normalized spacial score (nSPS) is 26.2. The highest BCUT2D eigenvalue weighted by molar-refractivity contribution is 6.32. The van der Waals surface area contributed by atoms with Crippen molar-refractivity contribution in [3.63, 3.8) is 0 Å². The van der Waals surface area contributed by atoms with Crippen LogP contribution in [-0.4, -0.2) is 30.4 Å². The summed E-state index contributed by atoms with van der Waals surface area (Å²) in [6.45, 7) is 0.639. The number of halogens is 1. The molecule has 0 bridgehead atoms. The molecule has 3 rings (SSSR count). The van der Waals surface area contributed by atoms with Crippen LogP contribution in [0.15, 0.2) is 30.4 Å². The number of fused-ring (bicyclic) bond motifs is 1. The smallest absolute Gasteiger partial charge is 0.315 e. The van der Waals surface area contributed by atoms with E-state index in [9.17, 15) is 4.79 Å². The molecule has 118 valence electrons. The van der Waals surface area contributed by atoms with Crippen molar-refractivity contribution in [3.05, 3.63) is 40.9 Å². The van der Waals surface area contributed by atoms with E-state index in [2.05, 4.69) is 10.6 Å². The molecule has 3 atom stereocenters. The number of aliphatic hydroxyl groups excluding tert-OH is 1. The molecule has 1 aliphatic heterocycles. The lowest BCUT2D eigenvalue weighted by molar-refractivity contribution is 0.218. The van der Waals surface area contributed by atoms with Crippen molar-refractivity contribution in [2.75, 3.05) is 13.2 Å². The molecule has 1 aliphatic carbocycles. The van der Waals surface area contributed by atoms with Crippen LogP contribution >= 0.6 is 11.6 Å². The van der Waals surface area contributed by atoms with E-state index in [0.717, 1.165) is 12.0 Å². The summed E-state index contributed by atoms with van der Waals surface area (Å²) in [4.78, 5) is 12.2. The first kappa shape index (κ1) is 15.2. The van der Waals surface area contributed by atoms with Crippen molar-refractivity contribution in [2.24, 2.45) is 5.92 Å². The largest absolute Gasteiger partial charge is 0.492 e. The predicted octanol–water partition coefficient (Wildman–Crippen LogP) is 2.40. The van der Waals surface area contributed by atoms with Crippen molar-refractivity contribution < 1.29 is 14.6 Å². The molecule has 0 spiro atoms. The van der Waals surface area contributed by atoms with E-state index in [0.29, 0.717) is 23.8 Å². The molecule has 6 heteroatoms. The van der Waals surface area contributed by atoms with Crippen LogP contribution in [0.4, 0.5) is 4.79 Å². The first-order valence-electron chi connectivity index (χ1n) is 7.45. The van der Waals surface area contributed by atoms with Crippen molar-refractivity contribution in [1.29, 1.82) is 0 Å². The molecule has 22 heavy (non-hydrogen) atoms. The van der Waals surface area contributed by atoms with Crippen LogP contribution in [0, 0.1) is 5.92 Å². The van der Waals surface area contributed by atoms with Gasteiger partial charge < -0.3 is 20.5 Å². The Bertz CT molecular complexity index is 591. The summed E-state index contributed by atoms with van der Waals surface area (Å²) >= 11 is 6.13. The Kier molecular flexibility index (Phi) is 4.55. The van der Waals surface area contributed by atoms with E-state index in [-0.39, 0.29) is 30.6 Å². The highest BCUT2D eigenvalue weighted by Gasteiger charge is 2.26. The van der Waals surface area contributed by atoms with Gasteiger partial charge in [-0.05, 0) is 12.5 Å². The molecule has 0 unspecified atom stereocenters. The molecule has 0 saturated heterocycles. The summed E-state index contributed by atoms with van der Waals surface area (Å²) in [5, 5.41) is 15.6. The van der Waals surface area contributed by atoms with Gasteiger partial charge in [-0.25, -0.2) is 4.79 Å².